The van der Waals surface area contributed by atoms with E-state index in [0.29, 0.717) is 18.4 Å². The monoisotopic (exact) mass is 337 g/mol. The lowest BCUT2D eigenvalue weighted by Gasteiger charge is -2.37. The van der Waals surface area contributed by atoms with Crippen LogP contribution in [0.1, 0.15) is 60.6 Å². The number of H-pyrrole nitrogens is 1. The molecule has 1 saturated carbocycles. The molecule has 0 spiro atoms. The molecule has 1 amide bonds. The third-order valence-corrected chi connectivity index (χ3v) is 5.92. The molecule has 25 heavy (non-hydrogen) atoms. The van der Waals surface area contributed by atoms with E-state index < -0.39 is 0 Å². The van der Waals surface area contributed by atoms with Gasteiger partial charge in [-0.3, -0.25) is 4.79 Å². The number of nitrogens with one attached hydrogen (secondary N) is 3. The summed E-state index contributed by atoms with van der Waals surface area (Å²) in [5, 5.41) is 6.63. The molecule has 0 bridgehead atoms. The number of aromatic amines is 1. The Labute approximate surface area is 149 Å². The van der Waals surface area contributed by atoms with Crippen LogP contribution in [0, 0.1) is 11.8 Å². The van der Waals surface area contributed by atoms with Crippen molar-refractivity contribution < 1.29 is 4.79 Å². The van der Waals surface area contributed by atoms with Gasteiger partial charge >= 0.3 is 0 Å². The number of carbonyl (C=O) groups excluding carboxylic acids is 1. The van der Waals surface area contributed by atoms with E-state index in [4.69, 9.17) is 0 Å². The molecule has 3 unspecified atom stereocenters. The van der Waals surface area contributed by atoms with Gasteiger partial charge in [-0.25, -0.2) is 0 Å². The predicted molar refractivity (Wildman–Crippen MR) is 101 cm³/mol. The zero-order chi connectivity index (χ0) is 17.2. The van der Waals surface area contributed by atoms with E-state index in [1.165, 1.54) is 19.3 Å². The first-order valence-electron chi connectivity index (χ1n) is 9.49. The van der Waals surface area contributed by atoms with E-state index in [1.807, 2.05) is 12.4 Å². The van der Waals surface area contributed by atoms with Crippen molar-refractivity contribution in [2.45, 2.75) is 51.6 Å². The highest BCUT2D eigenvalue weighted by Gasteiger charge is 2.32. The average Bonchev–Trinajstić information content (AvgIpc) is 3.08. The SMILES string of the molecule is CC1=CNCc2c(C(=O)NC3CCCCC3C3C=CC=CC3)c[nH]c21. The minimum Gasteiger partial charge on any atom is -0.386 e. The number of hydrogen-bond donors (Lipinski definition) is 3. The molecule has 2 heterocycles. The molecule has 0 saturated heterocycles. The number of rotatable bonds is 3. The van der Waals surface area contributed by atoms with Crippen LogP contribution in [0.25, 0.3) is 5.57 Å². The van der Waals surface area contributed by atoms with Gasteiger partial charge in [0.2, 0.25) is 0 Å². The summed E-state index contributed by atoms with van der Waals surface area (Å²) in [6, 6.07) is 0.279. The zero-order valence-electron chi connectivity index (χ0n) is 14.8. The van der Waals surface area contributed by atoms with E-state index >= 15 is 0 Å². The normalized spacial score (nSPS) is 28.0. The van der Waals surface area contributed by atoms with Gasteiger partial charge < -0.3 is 15.6 Å². The molecule has 132 valence electrons. The van der Waals surface area contributed by atoms with Crippen LogP contribution in [0.5, 0.6) is 0 Å². The van der Waals surface area contributed by atoms with Gasteiger partial charge in [0.05, 0.1) is 5.56 Å². The lowest BCUT2D eigenvalue weighted by atomic mass is 9.74. The fourth-order valence-electron chi connectivity index (χ4n) is 4.58. The van der Waals surface area contributed by atoms with Crippen molar-refractivity contribution in [3.8, 4) is 0 Å². The third-order valence-electron chi connectivity index (χ3n) is 5.92. The van der Waals surface area contributed by atoms with Crippen molar-refractivity contribution in [3.05, 3.63) is 53.5 Å². The first-order valence-corrected chi connectivity index (χ1v) is 9.49. The van der Waals surface area contributed by atoms with E-state index in [-0.39, 0.29) is 11.9 Å². The van der Waals surface area contributed by atoms with Crippen LogP contribution >= 0.6 is 0 Å². The molecule has 0 radical (unpaired) electrons. The van der Waals surface area contributed by atoms with Crippen molar-refractivity contribution in [1.29, 1.82) is 0 Å². The first kappa shape index (κ1) is 16.2. The summed E-state index contributed by atoms with van der Waals surface area (Å²) < 4.78 is 0. The molecule has 1 aliphatic heterocycles. The summed E-state index contributed by atoms with van der Waals surface area (Å²) in [4.78, 5) is 16.2. The largest absolute Gasteiger partial charge is 0.386 e. The molecule has 4 rings (SSSR count). The standard InChI is InChI=1S/C21H27N3O/c1-14-11-22-12-17-18(13-23-20(14)17)21(25)24-19-10-6-5-9-16(19)15-7-3-2-4-8-15/h2-4,7,11,13,15-16,19,22-23H,5-6,8-10,12H2,1H3,(H,24,25). The molecule has 2 aliphatic carbocycles. The topological polar surface area (TPSA) is 56.9 Å². The summed E-state index contributed by atoms with van der Waals surface area (Å²) in [5.41, 5.74) is 4.11. The predicted octanol–water partition coefficient (Wildman–Crippen LogP) is 3.90. The Kier molecular flexibility index (Phi) is 4.51. The summed E-state index contributed by atoms with van der Waals surface area (Å²) in [5.74, 6) is 1.18. The smallest absolute Gasteiger partial charge is 0.253 e. The maximum absolute atomic E-state index is 13.0. The average molecular weight is 337 g/mol. The fraction of sp³-hybridized carbons (Fsp3) is 0.476. The Balaban J connectivity index is 1.50. The quantitative estimate of drug-likeness (QED) is 0.783. The second kappa shape index (κ2) is 6.95. The highest BCUT2D eigenvalue weighted by Crippen LogP contribution is 2.35. The molecular formula is C21H27N3O. The second-order valence-electron chi connectivity index (χ2n) is 7.51. The van der Waals surface area contributed by atoms with Gasteiger partial charge in [-0.1, -0.05) is 37.1 Å². The van der Waals surface area contributed by atoms with Gasteiger partial charge in [0.25, 0.3) is 5.91 Å². The van der Waals surface area contributed by atoms with Gasteiger partial charge in [-0.15, -0.1) is 0 Å². The van der Waals surface area contributed by atoms with Crippen LogP contribution in [-0.4, -0.2) is 16.9 Å². The fourth-order valence-corrected chi connectivity index (χ4v) is 4.58. The number of aromatic nitrogens is 1. The molecule has 0 aromatic carbocycles. The zero-order valence-corrected chi connectivity index (χ0v) is 14.8. The molecule has 3 atom stereocenters. The Morgan fingerprint density at radius 2 is 2.12 bits per heavy atom. The number of amides is 1. The minimum absolute atomic E-state index is 0.0706. The first-order chi connectivity index (χ1) is 12.2. The van der Waals surface area contributed by atoms with Crippen molar-refractivity contribution in [3.63, 3.8) is 0 Å². The van der Waals surface area contributed by atoms with Gasteiger partial charge in [-0.05, 0) is 43.6 Å². The van der Waals surface area contributed by atoms with Gasteiger partial charge in [0.15, 0.2) is 0 Å². The highest BCUT2D eigenvalue weighted by molar-refractivity contribution is 5.97. The Hall–Kier alpha value is -2.23. The van der Waals surface area contributed by atoms with Crippen molar-refractivity contribution in [2.24, 2.45) is 11.8 Å². The molecule has 3 N–H and O–H groups in total. The highest BCUT2D eigenvalue weighted by atomic mass is 16.1. The number of allylic oxidation sites excluding steroid dienone is 5. The molecule has 1 aromatic rings. The van der Waals surface area contributed by atoms with E-state index in [2.05, 4.69) is 46.8 Å². The van der Waals surface area contributed by atoms with E-state index in [9.17, 15) is 4.79 Å². The summed E-state index contributed by atoms with van der Waals surface area (Å²) >= 11 is 0. The number of hydrogen-bond acceptors (Lipinski definition) is 2. The van der Waals surface area contributed by atoms with Crippen LogP contribution in [0.2, 0.25) is 0 Å². The van der Waals surface area contributed by atoms with Crippen LogP contribution in [0.4, 0.5) is 0 Å². The molecule has 1 aromatic heterocycles. The van der Waals surface area contributed by atoms with Gasteiger partial charge in [0, 0.05) is 36.2 Å². The number of carbonyl (C=O) groups is 1. The van der Waals surface area contributed by atoms with Gasteiger partial charge in [-0.2, -0.15) is 0 Å². The summed E-state index contributed by atoms with van der Waals surface area (Å²) in [6.45, 7) is 2.77. The Bertz CT molecular complexity index is 740. The van der Waals surface area contributed by atoms with Crippen molar-refractivity contribution in [2.75, 3.05) is 0 Å². The molecule has 4 heteroatoms. The Morgan fingerprint density at radius 3 is 2.96 bits per heavy atom. The molecular weight excluding hydrogens is 310 g/mol. The van der Waals surface area contributed by atoms with E-state index in [1.54, 1.807) is 0 Å². The van der Waals surface area contributed by atoms with Crippen molar-refractivity contribution in [1.82, 2.24) is 15.6 Å². The molecule has 4 nitrogen and oxygen atoms in total. The van der Waals surface area contributed by atoms with Crippen LogP contribution < -0.4 is 10.6 Å². The van der Waals surface area contributed by atoms with Crippen LogP contribution in [-0.2, 0) is 6.54 Å². The maximum Gasteiger partial charge on any atom is 0.253 e. The lowest BCUT2D eigenvalue weighted by molar-refractivity contribution is 0.0890. The van der Waals surface area contributed by atoms with Gasteiger partial charge in [0.1, 0.15) is 0 Å². The lowest BCUT2D eigenvalue weighted by Crippen LogP contribution is -2.44. The Morgan fingerprint density at radius 1 is 1.24 bits per heavy atom. The van der Waals surface area contributed by atoms with Crippen LogP contribution in [0.3, 0.4) is 0 Å². The third kappa shape index (κ3) is 3.17. The number of fused-ring (bicyclic) bond motifs is 1. The summed E-state index contributed by atoms with van der Waals surface area (Å²) in [6.07, 6.45) is 18.6. The minimum atomic E-state index is 0.0706. The second-order valence-corrected chi connectivity index (χ2v) is 7.51. The van der Waals surface area contributed by atoms with Crippen molar-refractivity contribution >= 4 is 11.5 Å². The molecule has 3 aliphatic rings. The van der Waals surface area contributed by atoms with E-state index in [0.717, 1.165) is 35.2 Å². The maximum atomic E-state index is 13.0. The summed E-state index contributed by atoms with van der Waals surface area (Å²) in [7, 11) is 0. The molecule has 1 fully saturated rings. The van der Waals surface area contributed by atoms with Crippen LogP contribution in [0.15, 0.2) is 36.7 Å².